The van der Waals surface area contributed by atoms with Crippen molar-refractivity contribution in [3.05, 3.63) is 63.0 Å². The molecule has 2 aromatic rings. The second-order valence-electron chi connectivity index (χ2n) is 4.05. The maximum absolute atomic E-state index is 12.1. The molecule has 2 rings (SSSR count). The lowest BCUT2D eigenvalue weighted by atomic mass is 10.1. The molecule has 0 unspecified atom stereocenters. The summed E-state index contributed by atoms with van der Waals surface area (Å²) in [4.78, 5) is 25.5. The monoisotopic (exact) mass is 302 g/mol. The lowest BCUT2D eigenvalue weighted by Crippen LogP contribution is -2.15. The van der Waals surface area contributed by atoms with Crippen molar-refractivity contribution in [3.8, 4) is 11.8 Å². The van der Waals surface area contributed by atoms with Crippen LogP contribution in [0.3, 0.4) is 0 Å². The Labute approximate surface area is 125 Å². The van der Waals surface area contributed by atoms with Gasteiger partial charge in [0.2, 0.25) is 5.56 Å². The van der Waals surface area contributed by atoms with Gasteiger partial charge in [0.15, 0.2) is 0 Å². The number of anilines is 1. The number of rotatable bonds is 2. The minimum absolute atomic E-state index is 0.282. The standard InChI is InChI=1S/C15H11ClN2O3/c16-12-5-3-10(2-1-7-19)13(8-12)18-15(21)11-4-6-14(20)17-9-11/h3-6,8-9,19H,7H2,(H,17,20)(H,18,21). The highest BCUT2D eigenvalue weighted by molar-refractivity contribution is 6.31. The highest BCUT2D eigenvalue weighted by Gasteiger charge is 2.09. The van der Waals surface area contributed by atoms with Crippen LogP contribution >= 0.6 is 11.6 Å². The molecule has 0 radical (unpaired) electrons. The zero-order valence-corrected chi connectivity index (χ0v) is 11.6. The van der Waals surface area contributed by atoms with Crippen molar-refractivity contribution < 1.29 is 9.90 Å². The van der Waals surface area contributed by atoms with Crippen molar-refractivity contribution in [2.75, 3.05) is 11.9 Å². The van der Waals surface area contributed by atoms with Gasteiger partial charge in [-0.15, -0.1) is 0 Å². The van der Waals surface area contributed by atoms with Crippen LogP contribution in [0.1, 0.15) is 15.9 Å². The zero-order chi connectivity index (χ0) is 15.2. The number of pyridine rings is 1. The number of hydrogen-bond donors (Lipinski definition) is 3. The van der Waals surface area contributed by atoms with Gasteiger partial charge < -0.3 is 15.4 Å². The third-order valence-corrected chi connectivity index (χ3v) is 2.81. The van der Waals surface area contributed by atoms with E-state index in [1.54, 1.807) is 18.2 Å². The number of carbonyl (C=O) groups is 1. The summed E-state index contributed by atoms with van der Waals surface area (Å²) in [5, 5.41) is 11.9. The lowest BCUT2D eigenvalue weighted by Gasteiger charge is -2.08. The molecule has 0 atom stereocenters. The number of aromatic nitrogens is 1. The van der Waals surface area contributed by atoms with E-state index in [9.17, 15) is 9.59 Å². The van der Waals surface area contributed by atoms with Gasteiger partial charge >= 0.3 is 0 Å². The van der Waals surface area contributed by atoms with E-state index in [0.29, 0.717) is 21.8 Å². The van der Waals surface area contributed by atoms with Crippen LogP contribution in [0.2, 0.25) is 5.02 Å². The number of aliphatic hydroxyl groups is 1. The van der Waals surface area contributed by atoms with Gasteiger partial charge in [-0.3, -0.25) is 9.59 Å². The Balaban J connectivity index is 2.29. The molecular formula is C15H11ClN2O3. The number of carbonyl (C=O) groups excluding carboxylic acids is 1. The van der Waals surface area contributed by atoms with Crippen LogP contribution in [-0.4, -0.2) is 22.6 Å². The molecule has 6 heteroatoms. The lowest BCUT2D eigenvalue weighted by molar-refractivity contribution is 0.102. The van der Waals surface area contributed by atoms with Crippen molar-refractivity contribution in [2.24, 2.45) is 0 Å². The quantitative estimate of drug-likeness (QED) is 0.737. The average Bonchev–Trinajstić information content (AvgIpc) is 2.47. The van der Waals surface area contributed by atoms with Gasteiger partial charge in [0.25, 0.3) is 5.91 Å². The molecule has 5 nitrogen and oxygen atoms in total. The van der Waals surface area contributed by atoms with E-state index in [1.165, 1.54) is 18.3 Å². The van der Waals surface area contributed by atoms with Crippen LogP contribution in [-0.2, 0) is 0 Å². The molecule has 106 valence electrons. The number of H-pyrrole nitrogens is 1. The maximum atomic E-state index is 12.1. The molecule has 0 spiro atoms. The van der Waals surface area contributed by atoms with E-state index in [2.05, 4.69) is 22.1 Å². The molecule has 1 amide bonds. The van der Waals surface area contributed by atoms with Gasteiger partial charge in [-0.2, -0.15) is 0 Å². The van der Waals surface area contributed by atoms with Crippen LogP contribution in [0.4, 0.5) is 5.69 Å². The fourth-order valence-corrected chi connectivity index (χ4v) is 1.78. The van der Waals surface area contributed by atoms with E-state index in [-0.39, 0.29) is 12.2 Å². The topological polar surface area (TPSA) is 82.2 Å². The van der Waals surface area contributed by atoms with Crippen LogP contribution in [0.5, 0.6) is 0 Å². The van der Waals surface area contributed by atoms with E-state index >= 15 is 0 Å². The predicted octanol–water partition coefficient (Wildman–Crippen LogP) is 1.62. The van der Waals surface area contributed by atoms with Gasteiger partial charge in [-0.25, -0.2) is 0 Å². The number of nitrogens with one attached hydrogen (secondary N) is 2. The van der Waals surface area contributed by atoms with Crippen molar-refractivity contribution in [3.63, 3.8) is 0 Å². The number of halogens is 1. The summed E-state index contributed by atoms with van der Waals surface area (Å²) >= 11 is 5.90. The predicted molar refractivity (Wildman–Crippen MR) is 80.4 cm³/mol. The van der Waals surface area contributed by atoms with Crippen LogP contribution in [0.15, 0.2) is 41.3 Å². The summed E-state index contributed by atoms with van der Waals surface area (Å²) in [7, 11) is 0. The Kier molecular flexibility index (Phi) is 4.77. The molecule has 0 fully saturated rings. The molecule has 1 aromatic heterocycles. The average molecular weight is 303 g/mol. The molecule has 0 aliphatic rings. The van der Waals surface area contributed by atoms with Crippen LogP contribution in [0.25, 0.3) is 0 Å². The fourth-order valence-electron chi connectivity index (χ4n) is 1.61. The molecule has 1 heterocycles. The highest BCUT2D eigenvalue weighted by Crippen LogP contribution is 2.21. The minimum atomic E-state index is -0.402. The third-order valence-electron chi connectivity index (χ3n) is 2.58. The molecule has 0 aliphatic carbocycles. The zero-order valence-electron chi connectivity index (χ0n) is 10.8. The second kappa shape index (κ2) is 6.75. The number of benzene rings is 1. The van der Waals surface area contributed by atoms with Crippen molar-refractivity contribution in [2.45, 2.75) is 0 Å². The first kappa shape index (κ1) is 14.9. The summed E-state index contributed by atoms with van der Waals surface area (Å²) in [6.07, 6.45) is 1.32. The molecule has 1 aromatic carbocycles. The first-order chi connectivity index (χ1) is 10.1. The summed E-state index contributed by atoms with van der Waals surface area (Å²) < 4.78 is 0. The molecule has 0 aliphatic heterocycles. The van der Waals surface area contributed by atoms with E-state index in [0.717, 1.165) is 0 Å². The van der Waals surface area contributed by atoms with Crippen LogP contribution in [0, 0.1) is 11.8 Å². The van der Waals surface area contributed by atoms with E-state index in [1.807, 2.05) is 0 Å². The number of hydrogen-bond acceptors (Lipinski definition) is 3. The van der Waals surface area contributed by atoms with Gasteiger partial charge in [-0.1, -0.05) is 23.4 Å². The Morgan fingerprint density at radius 1 is 1.33 bits per heavy atom. The molecule has 0 saturated carbocycles. The van der Waals surface area contributed by atoms with Crippen molar-refractivity contribution >= 4 is 23.2 Å². The number of aliphatic hydroxyl groups excluding tert-OH is 1. The maximum Gasteiger partial charge on any atom is 0.257 e. The summed E-state index contributed by atoms with van der Waals surface area (Å²) in [6.45, 7) is -0.282. The van der Waals surface area contributed by atoms with E-state index < -0.39 is 5.91 Å². The van der Waals surface area contributed by atoms with Crippen molar-refractivity contribution in [1.29, 1.82) is 0 Å². The van der Waals surface area contributed by atoms with Gasteiger partial charge in [0, 0.05) is 22.8 Å². The minimum Gasteiger partial charge on any atom is -0.384 e. The number of amides is 1. The van der Waals surface area contributed by atoms with Crippen molar-refractivity contribution in [1.82, 2.24) is 4.98 Å². The van der Waals surface area contributed by atoms with Gasteiger partial charge in [-0.05, 0) is 24.3 Å². The second-order valence-corrected chi connectivity index (χ2v) is 4.48. The molecule has 3 N–H and O–H groups in total. The SMILES string of the molecule is O=C(Nc1cc(Cl)ccc1C#CCO)c1ccc(=O)[nH]c1. The van der Waals surface area contributed by atoms with Crippen LogP contribution < -0.4 is 10.9 Å². The van der Waals surface area contributed by atoms with E-state index in [4.69, 9.17) is 16.7 Å². The third kappa shape index (κ3) is 3.96. The molecular weight excluding hydrogens is 292 g/mol. The molecule has 0 saturated heterocycles. The van der Waals surface area contributed by atoms with Gasteiger partial charge in [0.1, 0.15) is 6.61 Å². The first-order valence-corrected chi connectivity index (χ1v) is 6.37. The largest absolute Gasteiger partial charge is 0.384 e. The summed E-state index contributed by atoms with van der Waals surface area (Å²) in [5.74, 6) is 4.83. The molecule has 0 bridgehead atoms. The normalized spacial score (nSPS) is 9.62. The summed E-state index contributed by atoms with van der Waals surface area (Å²) in [5.41, 5.74) is 0.977. The smallest absolute Gasteiger partial charge is 0.257 e. The number of aromatic amines is 1. The Morgan fingerprint density at radius 3 is 2.81 bits per heavy atom. The summed E-state index contributed by atoms with van der Waals surface area (Å²) in [6, 6.07) is 7.52. The Bertz CT molecular complexity index is 767. The Hall–Kier alpha value is -2.55. The van der Waals surface area contributed by atoms with Gasteiger partial charge in [0.05, 0.1) is 11.3 Å². The fraction of sp³-hybridized carbons (Fsp3) is 0.0667. The Morgan fingerprint density at radius 2 is 2.14 bits per heavy atom. The molecule has 21 heavy (non-hydrogen) atoms. The first-order valence-electron chi connectivity index (χ1n) is 5.99. The highest BCUT2D eigenvalue weighted by atomic mass is 35.5.